The van der Waals surface area contributed by atoms with Gasteiger partial charge in [-0.25, -0.2) is 4.79 Å². The number of rotatable bonds is 9. The maximum absolute atomic E-state index is 13.3. The summed E-state index contributed by atoms with van der Waals surface area (Å²) in [6.07, 6.45) is 1.89. The van der Waals surface area contributed by atoms with Gasteiger partial charge in [0.1, 0.15) is 0 Å². The van der Waals surface area contributed by atoms with Gasteiger partial charge in [0.25, 0.3) is 0 Å². The number of carbonyl (C=O) groups excluding carboxylic acids is 1. The highest BCUT2D eigenvalue weighted by Crippen LogP contribution is 2.31. The molecule has 2 N–H and O–H groups in total. The number of nitrogens with zero attached hydrogens (tertiary/aromatic N) is 1. The van der Waals surface area contributed by atoms with E-state index in [0.717, 1.165) is 50.3 Å². The largest absolute Gasteiger partial charge is 0.481 e. The van der Waals surface area contributed by atoms with Crippen molar-refractivity contribution in [3.63, 3.8) is 0 Å². The van der Waals surface area contributed by atoms with Gasteiger partial charge in [0, 0.05) is 27.7 Å². The molecule has 0 saturated carbocycles. The minimum atomic E-state index is -0.841. The summed E-state index contributed by atoms with van der Waals surface area (Å²) in [7, 11) is 0. The second kappa shape index (κ2) is 11.6. The van der Waals surface area contributed by atoms with Crippen molar-refractivity contribution in [2.45, 2.75) is 36.0 Å². The zero-order valence-electron chi connectivity index (χ0n) is 19.6. The monoisotopic (exact) mass is 484 g/mol. The Morgan fingerprint density at radius 2 is 1.63 bits per heavy atom. The lowest BCUT2D eigenvalue weighted by Gasteiger charge is -2.24. The molecule has 4 aromatic rings. The van der Waals surface area contributed by atoms with E-state index >= 15 is 0 Å². The lowest BCUT2D eigenvalue weighted by Crippen LogP contribution is -2.35. The number of carbonyl (C=O) groups is 2. The molecule has 0 aliphatic rings. The number of unbranched alkanes of at least 4 members (excludes halogenated alkanes) is 1. The van der Waals surface area contributed by atoms with Crippen LogP contribution in [0.15, 0.2) is 101 Å². The highest BCUT2D eigenvalue weighted by Gasteiger charge is 2.16. The van der Waals surface area contributed by atoms with Crippen LogP contribution in [0.1, 0.15) is 25.3 Å². The summed E-state index contributed by atoms with van der Waals surface area (Å²) >= 11 is 1.58. The maximum Gasteiger partial charge on any atom is 0.326 e. The molecule has 178 valence electrons. The molecular formula is C29H28N2O3S. The average molecular weight is 485 g/mol. The van der Waals surface area contributed by atoms with E-state index in [0.29, 0.717) is 6.54 Å². The van der Waals surface area contributed by atoms with E-state index in [1.54, 1.807) is 16.7 Å². The van der Waals surface area contributed by atoms with Crippen molar-refractivity contribution in [3.8, 4) is 0 Å². The zero-order valence-corrected chi connectivity index (χ0v) is 20.4. The van der Waals surface area contributed by atoms with Crippen molar-refractivity contribution < 1.29 is 14.7 Å². The van der Waals surface area contributed by atoms with E-state index in [9.17, 15) is 9.59 Å². The molecule has 0 fully saturated rings. The topological polar surface area (TPSA) is 69.6 Å². The fraction of sp³-hybridized carbons (Fsp3) is 0.172. The summed E-state index contributed by atoms with van der Waals surface area (Å²) in [6, 6.07) is 29.3. The Morgan fingerprint density at radius 3 is 2.37 bits per heavy atom. The lowest BCUT2D eigenvalue weighted by molar-refractivity contribution is -0.136. The molecule has 0 unspecified atom stereocenters. The third-order valence-electron chi connectivity index (χ3n) is 5.62. The molecule has 0 heterocycles. The highest BCUT2D eigenvalue weighted by molar-refractivity contribution is 7.99. The zero-order chi connectivity index (χ0) is 24.6. The Hall–Kier alpha value is -3.77. The first-order valence-electron chi connectivity index (χ1n) is 11.7. The van der Waals surface area contributed by atoms with E-state index in [1.807, 2.05) is 84.9 Å². The van der Waals surface area contributed by atoms with Crippen LogP contribution in [0, 0.1) is 0 Å². The number of urea groups is 1. The van der Waals surface area contributed by atoms with Gasteiger partial charge in [0.15, 0.2) is 0 Å². The number of hydrogen-bond acceptors (Lipinski definition) is 3. The summed E-state index contributed by atoms with van der Waals surface area (Å²) in [6.45, 7) is 2.73. The van der Waals surface area contributed by atoms with E-state index in [2.05, 4.69) is 18.3 Å². The van der Waals surface area contributed by atoms with Gasteiger partial charge in [-0.2, -0.15) is 0 Å². The molecule has 0 aromatic heterocycles. The number of carboxylic acid groups (broad SMARTS) is 1. The smallest absolute Gasteiger partial charge is 0.326 e. The van der Waals surface area contributed by atoms with E-state index in [-0.39, 0.29) is 12.5 Å². The van der Waals surface area contributed by atoms with Crippen LogP contribution in [0.5, 0.6) is 0 Å². The third kappa shape index (κ3) is 6.64. The SMILES string of the molecule is CCCCN(C(=O)Nc1ccc2ccccc2c1)c1cccc(Sc2ccc(CC(=O)O)cc2)c1. The minimum Gasteiger partial charge on any atom is -0.481 e. The summed E-state index contributed by atoms with van der Waals surface area (Å²) in [5, 5.41) is 14.2. The molecule has 0 aliphatic heterocycles. The van der Waals surface area contributed by atoms with E-state index in [4.69, 9.17) is 5.11 Å². The van der Waals surface area contributed by atoms with Crippen LogP contribution in [-0.2, 0) is 11.2 Å². The summed E-state index contributed by atoms with van der Waals surface area (Å²) in [5.41, 5.74) is 2.37. The van der Waals surface area contributed by atoms with Crippen LogP contribution < -0.4 is 10.2 Å². The second-order valence-corrected chi connectivity index (χ2v) is 9.46. The average Bonchev–Trinajstić information content (AvgIpc) is 2.85. The molecular weight excluding hydrogens is 456 g/mol. The normalized spacial score (nSPS) is 10.8. The number of fused-ring (bicyclic) bond motifs is 1. The van der Waals surface area contributed by atoms with Gasteiger partial charge in [-0.05, 0) is 65.2 Å². The van der Waals surface area contributed by atoms with Crippen molar-refractivity contribution in [2.75, 3.05) is 16.8 Å². The van der Waals surface area contributed by atoms with Crippen LogP contribution in [0.3, 0.4) is 0 Å². The Labute approximate surface area is 209 Å². The van der Waals surface area contributed by atoms with Crippen LogP contribution in [0.2, 0.25) is 0 Å². The molecule has 0 bridgehead atoms. The number of anilines is 2. The van der Waals surface area contributed by atoms with Gasteiger partial charge in [-0.15, -0.1) is 0 Å². The Balaban J connectivity index is 1.51. The van der Waals surface area contributed by atoms with Crippen molar-refractivity contribution in [1.29, 1.82) is 0 Å². The molecule has 0 saturated heterocycles. The quantitative estimate of drug-likeness (QED) is 0.259. The molecule has 0 atom stereocenters. The molecule has 4 rings (SSSR count). The van der Waals surface area contributed by atoms with Crippen molar-refractivity contribution in [3.05, 3.63) is 96.6 Å². The maximum atomic E-state index is 13.3. The van der Waals surface area contributed by atoms with Crippen LogP contribution >= 0.6 is 11.8 Å². The molecule has 0 aliphatic carbocycles. The molecule has 35 heavy (non-hydrogen) atoms. The minimum absolute atomic E-state index is 0.0130. The molecule has 0 radical (unpaired) electrons. The molecule has 2 amide bonds. The third-order valence-corrected chi connectivity index (χ3v) is 6.62. The predicted molar refractivity (Wildman–Crippen MR) is 144 cm³/mol. The van der Waals surface area contributed by atoms with Crippen LogP contribution in [0.25, 0.3) is 10.8 Å². The Bertz CT molecular complexity index is 1320. The summed E-state index contributed by atoms with van der Waals surface area (Å²) in [5.74, 6) is -0.841. The van der Waals surface area contributed by atoms with Gasteiger partial charge in [0.05, 0.1) is 6.42 Å². The van der Waals surface area contributed by atoms with Gasteiger partial charge in [-0.3, -0.25) is 9.69 Å². The van der Waals surface area contributed by atoms with Crippen molar-refractivity contribution in [1.82, 2.24) is 0 Å². The first kappa shape index (κ1) is 24.4. The second-order valence-electron chi connectivity index (χ2n) is 8.31. The van der Waals surface area contributed by atoms with Gasteiger partial charge in [0.2, 0.25) is 0 Å². The standard InChI is InChI=1S/C29H28N2O3S/c1-2-3-17-31(29(34)30-24-14-13-22-7-4-5-8-23(22)19-24)25-9-6-10-27(20-25)35-26-15-11-21(12-16-26)18-28(32)33/h4-16,19-20H,2-3,17-18H2,1H3,(H,30,34)(H,32,33). The molecule has 5 nitrogen and oxygen atoms in total. The summed E-state index contributed by atoms with van der Waals surface area (Å²) in [4.78, 5) is 28.0. The van der Waals surface area contributed by atoms with Crippen molar-refractivity contribution in [2.24, 2.45) is 0 Å². The number of carboxylic acids is 1. The van der Waals surface area contributed by atoms with Crippen LogP contribution in [0.4, 0.5) is 16.2 Å². The van der Waals surface area contributed by atoms with Crippen molar-refractivity contribution >= 4 is 45.9 Å². The predicted octanol–water partition coefficient (Wildman–Crippen LogP) is 7.46. The van der Waals surface area contributed by atoms with E-state index in [1.165, 1.54) is 0 Å². The number of hydrogen-bond donors (Lipinski definition) is 2. The Kier molecular flexibility index (Phi) is 8.06. The fourth-order valence-corrected chi connectivity index (χ4v) is 4.69. The first-order chi connectivity index (χ1) is 17.0. The fourth-order valence-electron chi connectivity index (χ4n) is 3.82. The summed E-state index contributed by atoms with van der Waals surface area (Å²) < 4.78 is 0. The lowest BCUT2D eigenvalue weighted by atomic mass is 10.1. The number of amides is 2. The Morgan fingerprint density at radius 1 is 0.857 bits per heavy atom. The molecule has 6 heteroatoms. The van der Waals surface area contributed by atoms with Gasteiger partial charge >= 0.3 is 12.0 Å². The molecule has 4 aromatic carbocycles. The van der Waals surface area contributed by atoms with Crippen LogP contribution in [-0.4, -0.2) is 23.7 Å². The highest BCUT2D eigenvalue weighted by atomic mass is 32.2. The van der Waals surface area contributed by atoms with Gasteiger partial charge < -0.3 is 10.4 Å². The number of aliphatic carboxylic acids is 1. The number of benzene rings is 4. The molecule has 0 spiro atoms. The first-order valence-corrected chi connectivity index (χ1v) is 12.5. The van der Waals surface area contributed by atoms with Gasteiger partial charge in [-0.1, -0.05) is 73.6 Å². The number of nitrogens with one attached hydrogen (secondary N) is 1. The van der Waals surface area contributed by atoms with E-state index < -0.39 is 5.97 Å².